The van der Waals surface area contributed by atoms with Crippen LogP contribution in [0.25, 0.3) is 6.08 Å². The second-order valence-electron chi connectivity index (χ2n) is 13.1. The normalized spacial score (nSPS) is 33.8. The molecule has 2 aromatic rings. The number of aliphatic hydroxyl groups excluding tert-OH is 1. The molecular formula is C34H38N2O8. The van der Waals surface area contributed by atoms with Crippen molar-refractivity contribution in [1.29, 1.82) is 0 Å². The van der Waals surface area contributed by atoms with Crippen LogP contribution in [0.1, 0.15) is 48.8 Å². The Labute approximate surface area is 255 Å². The zero-order valence-electron chi connectivity index (χ0n) is 24.5. The minimum absolute atomic E-state index is 0.0778. The maximum absolute atomic E-state index is 14.0. The number of fused-ring (bicyclic) bond motifs is 4. The number of hydrogen-bond donors (Lipinski definition) is 3. The third-order valence-electron chi connectivity index (χ3n) is 10.2. The molecule has 3 heterocycles. The molecular weight excluding hydrogens is 564 g/mol. The highest BCUT2D eigenvalue weighted by molar-refractivity contribution is 5.93. The van der Waals surface area contributed by atoms with E-state index in [1.54, 1.807) is 17.2 Å². The van der Waals surface area contributed by atoms with Crippen LogP contribution in [-0.4, -0.2) is 76.5 Å². The molecule has 6 fully saturated rings. The molecule has 3 N–H and O–H groups in total. The van der Waals surface area contributed by atoms with Crippen LogP contribution in [0.2, 0.25) is 0 Å². The number of hydrogen-bond acceptors (Lipinski definition) is 9. The number of hydroxylamine groups is 2. The van der Waals surface area contributed by atoms with Crippen molar-refractivity contribution in [2.75, 3.05) is 13.2 Å². The van der Waals surface area contributed by atoms with E-state index < -0.39 is 47.6 Å². The number of phenolic OH excluding ortho intramolecular Hbond substituents is 1. The van der Waals surface area contributed by atoms with Crippen molar-refractivity contribution in [1.82, 2.24) is 10.4 Å². The number of phenols is 1. The third-order valence-corrected chi connectivity index (χ3v) is 10.2. The predicted octanol–water partition coefficient (Wildman–Crippen LogP) is 2.86. The molecule has 8 rings (SSSR count). The number of amides is 1. The highest BCUT2D eigenvalue weighted by atomic mass is 16.8. The van der Waals surface area contributed by atoms with Gasteiger partial charge in [0.05, 0.1) is 13.2 Å². The van der Waals surface area contributed by atoms with Crippen molar-refractivity contribution in [3.8, 4) is 5.75 Å². The Morgan fingerprint density at radius 1 is 1.05 bits per heavy atom. The molecule has 44 heavy (non-hydrogen) atoms. The van der Waals surface area contributed by atoms with Crippen molar-refractivity contribution in [2.45, 2.75) is 81.3 Å². The molecule has 6 aliphatic rings. The summed E-state index contributed by atoms with van der Waals surface area (Å²) in [5, 5.41) is 24.0. The molecule has 2 aromatic carbocycles. The number of benzene rings is 2. The number of carbonyl (C=O) groups is 2. The van der Waals surface area contributed by atoms with Crippen molar-refractivity contribution in [2.24, 2.45) is 17.3 Å². The van der Waals surface area contributed by atoms with E-state index in [0.29, 0.717) is 18.3 Å². The van der Waals surface area contributed by atoms with Gasteiger partial charge in [-0.2, -0.15) is 5.06 Å². The lowest BCUT2D eigenvalue weighted by atomic mass is 9.62. The SMILES string of the molecule is O=C1OC2CC3(C(=O)NCCO)C(ON(Cc4cccc(C=CCc5ccccc5O)c4)C13)C1OC(C3CC3)(C3CC3)OC21. The number of ether oxygens (including phenoxy) is 3. The van der Waals surface area contributed by atoms with Crippen LogP contribution in [-0.2, 0) is 41.6 Å². The minimum atomic E-state index is -1.24. The van der Waals surface area contributed by atoms with Crippen LogP contribution < -0.4 is 5.32 Å². The third kappa shape index (κ3) is 4.49. The van der Waals surface area contributed by atoms with Crippen LogP contribution in [0.15, 0.2) is 54.6 Å². The largest absolute Gasteiger partial charge is 0.508 e. The first kappa shape index (κ1) is 28.2. The number of para-hydroxylation sites is 1. The molecule has 0 spiro atoms. The Morgan fingerprint density at radius 3 is 2.57 bits per heavy atom. The fraction of sp³-hybridized carbons (Fsp3) is 0.529. The van der Waals surface area contributed by atoms with Crippen molar-refractivity contribution in [3.63, 3.8) is 0 Å². The van der Waals surface area contributed by atoms with E-state index in [-0.39, 0.29) is 37.8 Å². The Kier molecular flexibility index (Phi) is 6.84. The summed E-state index contributed by atoms with van der Waals surface area (Å²) in [6, 6.07) is 14.2. The van der Waals surface area contributed by atoms with Gasteiger partial charge in [-0.3, -0.25) is 14.4 Å². The maximum atomic E-state index is 14.0. The standard InChI is InChI=1S/C34H38N2O8/c37-16-15-35-32(40)33-18-26-27-28(43-34(42-27,23-11-12-23)24-13-14-24)30(33)44-36(29(33)31(39)41-26)19-21-7-3-5-20(17-21)6-4-9-22-8-1-2-10-25(22)38/h1-8,10,17,23-24,26-30,37-38H,9,11-16,18-19H2,(H,35,40). The molecule has 0 radical (unpaired) electrons. The predicted molar refractivity (Wildman–Crippen MR) is 156 cm³/mol. The van der Waals surface area contributed by atoms with Gasteiger partial charge in [0.15, 0.2) is 11.8 Å². The Hall–Kier alpha value is -3.28. The molecule has 0 aromatic heterocycles. The van der Waals surface area contributed by atoms with Crippen LogP contribution in [0.4, 0.5) is 0 Å². The highest BCUT2D eigenvalue weighted by Gasteiger charge is 2.78. The lowest BCUT2D eigenvalue weighted by Gasteiger charge is -2.48. The van der Waals surface area contributed by atoms with E-state index in [4.69, 9.17) is 19.0 Å². The molecule has 10 heteroatoms. The topological polar surface area (TPSA) is 127 Å². The fourth-order valence-corrected chi connectivity index (χ4v) is 7.98. The first-order valence-electron chi connectivity index (χ1n) is 15.8. The number of nitrogens with zero attached hydrogens (tertiary/aromatic N) is 1. The second-order valence-corrected chi connectivity index (χ2v) is 13.1. The molecule has 2 bridgehead atoms. The molecule has 3 saturated heterocycles. The van der Waals surface area contributed by atoms with Gasteiger partial charge in [0, 0.05) is 24.8 Å². The second kappa shape index (κ2) is 10.7. The monoisotopic (exact) mass is 602 g/mol. The number of nitrogens with one attached hydrogen (secondary N) is 1. The number of rotatable bonds is 10. The molecule has 10 nitrogen and oxygen atoms in total. The fourth-order valence-electron chi connectivity index (χ4n) is 7.98. The lowest BCUT2D eigenvalue weighted by Crippen LogP contribution is -2.69. The van der Waals surface area contributed by atoms with E-state index >= 15 is 0 Å². The molecule has 232 valence electrons. The zero-order valence-corrected chi connectivity index (χ0v) is 24.5. The smallest absolute Gasteiger partial charge is 0.327 e. The average Bonchev–Trinajstić information content (AvgIpc) is 3.96. The number of aliphatic hydroxyl groups is 1. The van der Waals surface area contributed by atoms with Crippen LogP contribution in [0.5, 0.6) is 5.75 Å². The van der Waals surface area contributed by atoms with Gasteiger partial charge in [0.2, 0.25) is 5.91 Å². The summed E-state index contributed by atoms with van der Waals surface area (Å²) in [7, 11) is 0. The molecule has 3 aliphatic heterocycles. The number of allylic oxidation sites excluding steroid dienone is 1. The molecule has 3 saturated carbocycles. The first-order valence-corrected chi connectivity index (χ1v) is 15.8. The van der Waals surface area contributed by atoms with Crippen LogP contribution in [0.3, 0.4) is 0 Å². The summed E-state index contributed by atoms with van der Waals surface area (Å²) in [5.74, 6) is -0.646. The van der Waals surface area contributed by atoms with E-state index in [9.17, 15) is 19.8 Å². The van der Waals surface area contributed by atoms with Gasteiger partial charge < -0.3 is 29.7 Å². The van der Waals surface area contributed by atoms with E-state index in [0.717, 1.165) is 42.4 Å². The number of carbonyl (C=O) groups excluding carboxylic acids is 2. The van der Waals surface area contributed by atoms with Crippen molar-refractivity contribution in [3.05, 3.63) is 71.3 Å². The van der Waals surface area contributed by atoms with Crippen molar-refractivity contribution < 1.29 is 38.9 Å². The van der Waals surface area contributed by atoms with E-state index in [1.807, 2.05) is 48.6 Å². The summed E-state index contributed by atoms with van der Waals surface area (Å²) in [6.45, 7) is 0.123. The minimum Gasteiger partial charge on any atom is -0.508 e. The van der Waals surface area contributed by atoms with E-state index in [2.05, 4.69) is 5.32 Å². The van der Waals surface area contributed by atoms with Gasteiger partial charge in [0.25, 0.3) is 0 Å². The Balaban J connectivity index is 1.08. The molecule has 6 unspecified atom stereocenters. The molecule has 3 aliphatic carbocycles. The van der Waals surface area contributed by atoms with Crippen LogP contribution >= 0.6 is 0 Å². The van der Waals surface area contributed by atoms with Gasteiger partial charge in [-0.05, 0) is 54.9 Å². The summed E-state index contributed by atoms with van der Waals surface area (Å²) in [6.07, 6.45) is 6.61. The summed E-state index contributed by atoms with van der Waals surface area (Å²) in [4.78, 5) is 34.4. The molecule has 1 amide bonds. The number of aromatic hydroxyl groups is 1. The average molecular weight is 603 g/mol. The Bertz CT molecular complexity index is 1480. The first-order chi connectivity index (χ1) is 21.4. The van der Waals surface area contributed by atoms with Crippen LogP contribution in [0, 0.1) is 17.3 Å². The Morgan fingerprint density at radius 2 is 1.82 bits per heavy atom. The van der Waals surface area contributed by atoms with Gasteiger partial charge in [-0.25, -0.2) is 0 Å². The quantitative estimate of drug-likeness (QED) is 0.352. The number of esters is 1. The summed E-state index contributed by atoms with van der Waals surface area (Å²) in [5.41, 5.74) is 1.47. The lowest BCUT2D eigenvalue weighted by molar-refractivity contribution is -0.235. The van der Waals surface area contributed by atoms with Crippen molar-refractivity contribution >= 4 is 18.0 Å². The maximum Gasteiger partial charge on any atom is 0.327 e. The summed E-state index contributed by atoms with van der Waals surface area (Å²) >= 11 is 0. The van der Waals surface area contributed by atoms with Gasteiger partial charge in [-0.15, -0.1) is 0 Å². The van der Waals surface area contributed by atoms with E-state index in [1.165, 1.54) is 0 Å². The van der Waals surface area contributed by atoms with Gasteiger partial charge in [0.1, 0.15) is 35.6 Å². The molecule has 6 atom stereocenters. The highest BCUT2D eigenvalue weighted by Crippen LogP contribution is 2.63. The zero-order chi connectivity index (χ0) is 30.1. The van der Waals surface area contributed by atoms with Gasteiger partial charge in [-0.1, -0.05) is 54.6 Å². The summed E-state index contributed by atoms with van der Waals surface area (Å²) < 4.78 is 19.7. The van der Waals surface area contributed by atoms with Gasteiger partial charge >= 0.3 is 5.97 Å².